The van der Waals surface area contributed by atoms with Gasteiger partial charge in [0.1, 0.15) is 5.75 Å². The summed E-state index contributed by atoms with van der Waals surface area (Å²) in [5, 5.41) is 8.79. The van der Waals surface area contributed by atoms with Crippen LogP contribution in [0.3, 0.4) is 0 Å². The lowest BCUT2D eigenvalue weighted by Crippen LogP contribution is -1.96. The minimum Gasteiger partial charge on any atom is -0.484 e. The van der Waals surface area contributed by atoms with Gasteiger partial charge in [-0.3, -0.25) is 4.98 Å². The van der Waals surface area contributed by atoms with E-state index in [1.807, 2.05) is 25.1 Å². The van der Waals surface area contributed by atoms with Crippen LogP contribution < -0.4 is 4.74 Å². The van der Waals surface area contributed by atoms with Crippen LogP contribution in [0.4, 0.5) is 0 Å². The first-order chi connectivity index (χ1) is 9.61. The lowest BCUT2D eigenvalue weighted by molar-refractivity contribution is 0.260. The molecular weight excluding hydrogens is 254 g/mol. The van der Waals surface area contributed by atoms with Crippen LogP contribution in [0.5, 0.6) is 5.75 Å². The van der Waals surface area contributed by atoms with Crippen LogP contribution in [0.1, 0.15) is 23.0 Å². The molecule has 0 aliphatic carbocycles. The maximum atomic E-state index is 5.66. The lowest BCUT2D eigenvalue weighted by Gasteiger charge is -2.07. The van der Waals surface area contributed by atoms with E-state index in [-0.39, 0.29) is 6.61 Å². The summed E-state index contributed by atoms with van der Waals surface area (Å²) in [4.78, 5) is 4.52. The van der Waals surface area contributed by atoms with Crippen molar-refractivity contribution in [1.29, 1.82) is 0 Å². The van der Waals surface area contributed by atoms with E-state index < -0.39 is 0 Å². The molecule has 0 N–H and O–H groups in total. The number of fused-ring (bicyclic) bond motifs is 1. The van der Waals surface area contributed by atoms with E-state index in [2.05, 4.69) is 28.2 Å². The van der Waals surface area contributed by atoms with Crippen molar-refractivity contribution in [3.05, 3.63) is 47.3 Å². The van der Waals surface area contributed by atoms with Gasteiger partial charge >= 0.3 is 0 Å². The molecule has 0 radical (unpaired) electrons. The van der Waals surface area contributed by atoms with E-state index >= 15 is 0 Å². The van der Waals surface area contributed by atoms with Crippen molar-refractivity contribution in [1.82, 2.24) is 15.2 Å². The number of nitrogens with zero attached hydrogens (tertiary/aromatic N) is 3. The highest BCUT2D eigenvalue weighted by Gasteiger charge is 2.06. The SMILES string of the molecule is Cc1cc(C)c2ccc(OCc3nnc(C)o3)cc2n1. The molecule has 3 rings (SSSR count). The molecule has 1 aromatic carbocycles. The second kappa shape index (κ2) is 4.92. The third-order valence-corrected chi connectivity index (χ3v) is 3.05. The summed E-state index contributed by atoms with van der Waals surface area (Å²) in [6.07, 6.45) is 0. The monoisotopic (exact) mass is 269 g/mol. The van der Waals surface area contributed by atoms with Crippen molar-refractivity contribution in [3.8, 4) is 5.75 Å². The standard InChI is InChI=1S/C15H15N3O2/c1-9-6-10(2)16-14-7-12(4-5-13(9)14)19-8-15-18-17-11(3)20-15/h4-7H,8H2,1-3H3. The quantitative estimate of drug-likeness (QED) is 0.731. The molecule has 0 aliphatic heterocycles. The summed E-state index contributed by atoms with van der Waals surface area (Å²) >= 11 is 0. The van der Waals surface area contributed by atoms with Crippen molar-refractivity contribution < 1.29 is 9.15 Å². The fourth-order valence-electron chi connectivity index (χ4n) is 2.18. The van der Waals surface area contributed by atoms with Crippen LogP contribution in [0.2, 0.25) is 0 Å². The molecule has 3 aromatic rings. The van der Waals surface area contributed by atoms with Crippen LogP contribution in [0, 0.1) is 20.8 Å². The number of hydrogen-bond acceptors (Lipinski definition) is 5. The van der Waals surface area contributed by atoms with Crippen LogP contribution in [0.25, 0.3) is 10.9 Å². The molecule has 20 heavy (non-hydrogen) atoms. The number of ether oxygens (including phenoxy) is 1. The van der Waals surface area contributed by atoms with Gasteiger partial charge in [-0.1, -0.05) is 0 Å². The molecule has 0 amide bonds. The van der Waals surface area contributed by atoms with Gasteiger partial charge in [0.2, 0.25) is 5.89 Å². The predicted molar refractivity (Wildman–Crippen MR) is 74.6 cm³/mol. The van der Waals surface area contributed by atoms with E-state index in [1.165, 1.54) is 5.56 Å². The van der Waals surface area contributed by atoms with Gasteiger partial charge < -0.3 is 9.15 Å². The first-order valence-corrected chi connectivity index (χ1v) is 6.41. The van der Waals surface area contributed by atoms with Gasteiger partial charge in [0.15, 0.2) is 6.61 Å². The van der Waals surface area contributed by atoms with Gasteiger partial charge in [0.05, 0.1) is 5.52 Å². The molecular formula is C15H15N3O2. The lowest BCUT2D eigenvalue weighted by atomic mass is 10.1. The Morgan fingerprint density at radius 1 is 1.10 bits per heavy atom. The third kappa shape index (κ3) is 2.47. The number of benzene rings is 1. The molecule has 0 saturated heterocycles. The largest absolute Gasteiger partial charge is 0.484 e. The maximum absolute atomic E-state index is 5.66. The summed E-state index contributed by atoms with van der Waals surface area (Å²) in [6, 6.07) is 7.95. The Bertz CT molecular complexity index is 765. The van der Waals surface area contributed by atoms with Crippen molar-refractivity contribution in [2.24, 2.45) is 0 Å². The Labute approximate surface area is 116 Å². The van der Waals surface area contributed by atoms with Gasteiger partial charge in [-0.25, -0.2) is 0 Å². The fraction of sp³-hybridized carbons (Fsp3) is 0.267. The van der Waals surface area contributed by atoms with Crippen molar-refractivity contribution in [2.75, 3.05) is 0 Å². The molecule has 0 unspecified atom stereocenters. The summed E-state index contributed by atoms with van der Waals surface area (Å²) in [7, 11) is 0. The van der Waals surface area contributed by atoms with Crippen LogP contribution in [0.15, 0.2) is 28.7 Å². The smallest absolute Gasteiger partial charge is 0.253 e. The second-order valence-corrected chi connectivity index (χ2v) is 4.76. The van der Waals surface area contributed by atoms with Gasteiger partial charge in [0.25, 0.3) is 5.89 Å². The summed E-state index contributed by atoms with van der Waals surface area (Å²) in [6.45, 7) is 6.08. The molecule has 0 saturated carbocycles. The molecule has 0 spiro atoms. The molecule has 0 bridgehead atoms. The molecule has 5 heteroatoms. The Morgan fingerprint density at radius 2 is 1.95 bits per heavy atom. The number of hydrogen-bond donors (Lipinski definition) is 0. The van der Waals surface area contributed by atoms with E-state index in [4.69, 9.17) is 9.15 Å². The highest BCUT2D eigenvalue weighted by atomic mass is 16.5. The maximum Gasteiger partial charge on any atom is 0.253 e. The minimum absolute atomic E-state index is 0.261. The average Bonchev–Trinajstić information content (AvgIpc) is 2.81. The molecule has 2 aromatic heterocycles. The van der Waals surface area contributed by atoms with E-state index in [0.29, 0.717) is 11.8 Å². The van der Waals surface area contributed by atoms with Gasteiger partial charge in [-0.15, -0.1) is 10.2 Å². The van der Waals surface area contributed by atoms with Gasteiger partial charge in [-0.05, 0) is 37.6 Å². The number of aromatic nitrogens is 3. The first-order valence-electron chi connectivity index (χ1n) is 6.41. The fourth-order valence-corrected chi connectivity index (χ4v) is 2.18. The molecule has 2 heterocycles. The van der Waals surface area contributed by atoms with Crippen LogP contribution in [-0.2, 0) is 6.61 Å². The topological polar surface area (TPSA) is 61.0 Å². The zero-order valence-corrected chi connectivity index (χ0v) is 11.7. The molecule has 5 nitrogen and oxygen atoms in total. The first kappa shape index (κ1) is 12.6. The summed E-state index contributed by atoms with van der Waals surface area (Å²) in [5.41, 5.74) is 3.15. The zero-order valence-electron chi connectivity index (χ0n) is 11.7. The van der Waals surface area contributed by atoms with Gasteiger partial charge in [-0.2, -0.15) is 0 Å². The Balaban J connectivity index is 1.85. The van der Waals surface area contributed by atoms with E-state index in [9.17, 15) is 0 Å². The Kier molecular flexibility index (Phi) is 3.10. The highest BCUT2D eigenvalue weighted by Crippen LogP contribution is 2.23. The normalized spacial score (nSPS) is 10.9. The van der Waals surface area contributed by atoms with Crippen molar-refractivity contribution in [3.63, 3.8) is 0 Å². The Morgan fingerprint density at radius 3 is 2.70 bits per heavy atom. The Hall–Kier alpha value is -2.43. The van der Waals surface area contributed by atoms with Crippen molar-refractivity contribution in [2.45, 2.75) is 27.4 Å². The third-order valence-electron chi connectivity index (χ3n) is 3.05. The highest BCUT2D eigenvalue weighted by molar-refractivity contribution is 5.83. The number of pyridine rings is 1. The molecule has 102 valence electrons. The summed E-state index contributed by atoms with van der Waals surface area (Å²) in [5.74, 6) is 1.75. The van der Waals surface area contributed by atoms with E-state index in [0.717, 1.165) is 22.3 Å². The molecule has 0 fully saturated rings. The van der Waals surface area contributed by atoms with Crippen LogP contribution in [-0.4, -0.2) is 15.2 Å². The average molecular weight is 269 g/mol. The molecule has 0 aliphatic rings. The van der Waals surface area contributed by atoms with Crippen LogP contribution >= 0.6 is 0 Å². The second-order valence-electron chi connectivity index (χ2n) is 4.76. The number of rotatable bonds is 3. The van der Waals surface area contributed by atoms with Crippen molar-refractivity contribution >= 4 is 10.9 Å². The number of aryl methyl sites for hydroxylation is 3. The van der Waals surface area contributed by atoms with Gasteiger partial charge in [0, 0.05) is 24.1 Å². The minimum atomic E-state index is 0.261. The van der Waals surface area contributed by atoms with E-state index in [1.54, 1.807) is 6.92 Å². The zero-order chi connectivity index (χ0) is 14.1. The molecule has 0 atom stereocenters. The predicted octanol–water partition coefficient (Wildman–Crippen LogP) is 3.12. The summed E-state index contributed by atoms with van der Waals surface area (Å²) < 4.78 is 10.9.